The second kappa shape index (κ2) is 6.88. The zero-order chi connectivity index (χ0) is 17.2. The molecule has 0 N–H and O–H groups in total. The Hall–Kier alpha value is -2.34. The number of thioether (sulfide) groups is 1. The number of nitrogens with zero attached hydrogens (tertiary/aromatic N) is 3. The highest BCUT2D eigenvalue weighted by atomic mass is 32.2. The number of aromatic nitrogens is 2. The van der Waals surface area contributed by atoms with E-state index >= 15 is 0 Å². The van der Waals surface area contributed by atoms with E-state index < -0.39 is 0 Å². The summed E-state index contributed by atoms with van der Waals surface area (Å²) in [7, 11) is 0. The largest absolute Gasteiger partial charge is 0.411 e. The maximum Gasteiger partial charge on any atom is 0.277 e. The molecular weight excluding hydrogens is 334 g/mol. The predicted molar refractivity (Wildman–Crippen MR) is 98.3 cm³/mol. The second-order valence-electron chi connectivity index (χ2n) is 6.46. The van der Waals surface area contributed by atoms with Crippen molar-refractivity contribution in [1.82, 2.24) is 15.1 Å². The SMILES string of the molecule is CC1CCN(C(=O)CSc2nnc(-c3ccc4ccccc4c3)o2)C1. The highest BCUT2D eigenvalue weighted by molar-refractivity contribution is 7.99. The summed E-state index contributed by atoms with van der Waals surface area (Å²) < 4.78 is 5.72. The van der Waals surface area contributed by atoms with E-state index in [-0.39, 0.29) is 5.91 Å². The van der Waals surface area contributed by atoms with Gasteiger partial charge in [0.1, 0.15) is 0 Å². The molecule has 1 aromatic heterocycles. The van der Waals surface area contributed by atoms with Crippen molar-refractivity contribution in [2.24, 2.45) is 5.92 Å². The van der Waals surface area contributed by atoms with Crippen molar-refractivity contribution in [3.8, 4) is 11.5 Å². The molecule has 25 heavy (non-hydrogen) atoms. The van der Waals surface area contributed by atoms with E-state index in [2.05, 4.69) is 29.3 Å². The third-order valence-electron chi connectivity index (χ3n) is 4.50. The van der Waals surface area contributed by atoms with Crippen LogP contribution < -0.4 is 0 Å². The predicted octanol–water partition coefficient (Wildman–Crippen LogP) is 3.85. The van der Waals surface area contributed by atoms with Crippen LogP contribution in [-0.2, 0) is 4.79 Å². The molecule has 2 heterocycles. The number of carbonyl (C=O) groups is 1. The molecule has 0 radical (unpaired) electrons. The summed E-state index contributed by atoms with van der Waals surface area (Å²) in [6.07, 6.45) is 1.09. The van der Waals surface area contributed by atoms with Gasteiger partial charge >= 0.3 is 0 Å². The molecule has 1 saturated heterocycles. The number of hydrogen-bond acceptors (Lipinski definition) is 5. The number of rotatable bonds is 4. The average molecular weight is 353 g/mol. The van der Waals surface area contributed by atoms with Gasteiger partial charge in [-0.25, -0.2) is 0 Å². The Morgan fingerprint density at radius 3 is 2.88 bits per heavy atom. The maximum atomic E-state index is 12.2. The Kier molecular flexibility index (Phi) is 4.44. The van der Waals surface area contributed by atoms with Gasteiger partial charge in [0.2, 0.25) is 11.8 Å². The number of fused-ring (bicyclic) bond motifs is 1. The minimum Gasteiger partial charge on any atom is -0.411 e. The van der Waals surface area contributed by atoms with Crippen molar-refractivity contribution in [2.45, 2.75) is 18.6 Å². The second-order valence-corrected chi connectivity index (χ2v) is 7.38. The van der Waals surface area contributed by atoms with Gasteiger partial charge in [0.15, 0.2) is 0 Å². The minimum absolute atomic E-state index is 0.139. The lowest BCUT2D eigenvalue weighted by Gasteiger charge is -2.14. The first kappa shape index (κ1) is 16.1. The van der Waals surface area contributed by atoms with Crippen LogP contribution in [-0.4, -0.2) is 39.8 Å². The van der Waals surface area contributed by atoms with E-state index in [9.17, 15) is 4.79 Å². The van der Waals surface area contributed by atoms with Crippen molar-refractivity contribution in [2.75, 3.05) is 18.8 Å². The molecule has 128 valence electrons. The smallest absolute Gasteiger partial charge is 0.277 e. The molecule has 1 fully saturated rings. The molecule has 1 unspecified atom stereocenters. The van der Waals surface area contributed by atoms with E-state index in [1.54, 1.807) is 0 Å². The fourth-order valence-electron chi connectivity index (χ4n) is 3.08. The fourth-order valence-corrected chi connectivity index (χ4v) is 3.75. The fraction of sp³-hybridized carbons (Fsp3) is 0.316. The van der Waals surface area contributed by atoms with Gasteiger partial charge in [-0.2, -0.15) is 0 Å². The lowest BCUT2D eigenvalue weighted by atomic mass is 10.1. The lowest BCUT2D eigenvalue weighted by molar-refractivity contribution is -0.127. The zero-order valence-corrected chi connectivity index (χ0v) is 14.8. The maximum absolute atomic E-state index is 12.2. The Bertz CT molecular complexity index is 908. The standard InChI is InChI=1S/C19H19N3O2S/c1-13-8-9-22(11-13)17(23)12-25-19-21-20-18(24-19)16-7-6-14-4-2-3-5-15(14)10-16/h2-7,10,13H,8-9,11-12H2,1H3. The van der Waals surface area contributed by atoms with Crippen LogP contribution in [0.4, 0.5) is 0 Å². The van der Waals surface area contributed by atoms with Crippen LogP contribution in [0.25, 0.3) is 22.2 Å². The minimum atomic E-state index is 0.139. The molecule has 1 aliphatic heterocycles. The first-order valence-corrected chi connectivity index (χ1v) is 9.41. The van der Waals surface area contributed by atoms with Gasteiger partial charge in [0.25, 0.3) is 5.22 Å². The van der Waals surface area contributed by atoms with E-state index in [4.69, 9.17) is 4.42 Å². The van der Waals surface area contributed by atoms with Gasteiger partial charge in [-0.05, 0) is 35.2 Å². The van der Waals surface area contributed by atoms with Crippen LogP contribution in [0, 0.1) is 5.92 Å². The molecule has 1 aliphatic rings. The van der Waals surface area contributed by atoms with E-state index in [1.165, 1.54) is 17.1 Å². The number of amides is 1. The first-order chi connectivity index (χ1) is 12.2. The summed E-state index contributed by atoms with van der Waals surface area (Å²) in [6, 6.07) is 14.2. The quantitative estimate of drug-likeness (QED) is 0.667. The lowest BCUT2D eigenvalue weighted by Crippen LogP contribution is -2.29. The third-order valence-corrected chi connectivity index (χ3v) is 5.30. The summed E-state index contributed by atoms with van der Waals surface area (Å²) >= 11 is 1.30. The van der Waals surface area contributed by atoms with Crippen LogP contribution in [0.1, 0.15) is 13.3 Å². The molecule has 0 spiro atoms. The Balaban J connectivity index is 1.43. The first-order valence-electron chi connectivity index (χ1n) is 8.42. The van der Waals surface area contributed by atoms with Gasteiger partial charge in [0, 0.05) is 18.7 Å². The van der Waals surface area contributed by atoms with Crippen LogP contribution in [0.2, 0.25) is 0 Å². The van der Waals surface area contributed by atoms with Crippen LogP contribution in [0.5, 0.6) is 0 Å². The molecule has 1 atom stereocenters. The Morgan fingerprint density at radius 2 is 2.08 bits per heavy atom. The average Bonchev–Trinajstić information content (AvgIpc) is 3.28. The molecule has 1 amide bonds. The molecular formula is C19H19N3O2S. The zero-order valence-electron chi connectivity index (χ0n) is 14.0. The van der Waals surface area contributed by atoms with E-state index in [0.29, 0.717) is 22.8 Å². The monoisotopic (exact) mass is 353 g/mol. The number of hydrogen-bond donors (Lipinski definition) is 0. The molecule has 0 bridgehead atoms. The van der Waals surface area contributed by atoms with E-state index in [0.717, 1.165) is 30.5 Å². The van der Waals surface area contributed by atoms with Gasteiger partial charge in [0.05, 0.1) is 5.75 Å². The van der Waals surface area contributed by atoms with Crippen molar-refractivity contribution < 1.29 is 9.21 Å². The van der Waals surface area contributed by atoms with Crippen molar-refractivity contribution in [1.29, 1.82) is 0 Å². The highest BCUT2D eigenvalue weighted by Crippen LogP contribution is 2.26. The molecule has 0 saturated carbocycles. The molecule has 3 aromatic rings. The summed E-state index contributed by atoms with van der Waals surface area (Å²) in [5.41, 5.74) is 0.887. The normalized spacial score (nSPS) is 17.3. The number of carbonyl (C=O) groups excluding carboxylic acids is 1. The summed E-state index contributed by atoms with van der Waals surface area (Å²) in [5.74, 6) is 1.55. The van der Waals surface area contributed by atoms with Crippen LogP contribution >= 0.6 is 11.8 Å². The molecule has 0 aliphatic carbocycles. The summed E-state index contributed by atoms with van der Waals surface area (Å²) in [5, 5.41) is 10.9. The molecule has 4 rings (SSSR count). The van der Waals surface area contributed by atoms with Gasteiger partial charge < -0.3 is 9.32 Å². The number of benzene rings is 2. The van der Waals surface area contributed by atoms with Crippen LogP contribution in [0.3, 0.4) is 0 Å². The van der Waals surface area contributed by atoms with Gasteiger partial charge in [-0.15, -0.1) is 10.2 Å². The van der Waals surface area contributed by atoms with Crippen LogP contribution in [0.15, 0.2) is 52.1 Å². The third kappa shape index (κ3) is 3.54. The Labute approximate surface area is 150 Å². The van der Waals surface area contributed by atoms with E-state index in [1.807, 2.05) is 35.2 Å². The summed E-state index contributed by atoms with van der Waals surface area (Å²) in [4.78, 5) is 14.1. The van der Waals surface area contributed by atoms with Crippen molar-refractivity contribution in [3.05, 3.63) is 42.5 Å². The van der Waals surface area contributed by atoms with Crippen molar-refractivity contribution >= 4 is 28.4 Å². The number of likely N-dealkylation sites (tertiary alicyclic amines) is 1. The molecule has 5 nitrogen and oxygen atoms in total. The summed E-state index contributed by atoms with van der Waals surface area (Å²) in [6.45, 7) is 3.88. The highest BCUT2D eigenvalue weighted by Gasteiger charge is 2.23. The van der Waals surface area contributed by atoms with Crippen molar-refractivity contribution in [3.63, 3.8) is 0 Å². The molecule has 2 aromatic carbocycles. The topological polar surface area (TPSA) is 59.2 Å². The van der Waals surface area contributed by atoms with Gasteiger partial charge in [-0.1, -0.05) is 49.0 Å². The Morgan fingerprint density at radius 1 is 1.24 bits per heavy atom. The van der Waals surface area contributed by atoms with Gasteiger partial charge in [-0.3, -0.25) is 4.79 Å². The molecule has 6 heteroatoms.